The van der Waals surface area contributed by atoms with Gasteiger partial charge in [-0.1, -0.05) is 15.9 Å². The molecule has 25 heavy (non-hydrogen) atoms. The van der Waals surface area contributed by atoms with Crippen LogP contribution in [0.25, 0.3) is 0 Å². The van der Waals surface area contributed by atoms with Crippen molar-refractivity contribution in [1.29, 1.82) is 0 Å². The zero-order valence-electron chi connectivity index (χ0n) is 13.5. The van der Waals surface area contributed by atoms with Crippen LogP contribution in [-0.4, -0.2) is 20.1 Å². The van der Waals surface area contributed by atoms with Crippen LogP contribution in [0, 0.1) is 19.7 Å². The van der Waals surface area contributed by atoms with Crippen molar-refractivity contribution in [3.8, 4) is 0 Å². The molecule has 0 aliphatic carbocycles. The van der Waals surface area contributed by atoms with Crippen LogP contribution in [-0.2, 0) is 14.8 Å². The number of carbonyl (C=O) groups excluding carboxylic acids is 1. The van der Waals surface area contributed by atoms with E-state index < -0.39 is 20.7 Å². The molecule has 9 heteroatoms. The van der Waals surface area contributed by atoms with Gasteiger partial charge in [-0.05, 0) is 55.3 Å². The summed E-state index contributed by atoms with van der Waals surface area (Å²) in [7, 11) is -4.05. The minimum absolute atomic E-state index is 0.0401. The molecule has 0 atom stereocenters. The van der Waals surface area contributed by atoms with Crippen LogP contribution in [0.15, 0.2) is 44.6 Å². The number of hydrogen-bond acceptors (Lipinski definition) is 4. The fraction of sp³-hybridized carbons (Fsp3) is 0.188. The minimum Gasteiger partial charge on any atom is -0.325 e. The highest BCUT2D eigenvalue weighted by Crippen LogP contribution is 2.28. The SMILES string of the molecule is Cc1cc(SCC(=O)Nc2cc(F)cc(S(N)(=O)=O)c2)c(C)cc1Br. The third-order valence-corrected chi connectivity index (χ3v) is 6.20. The molecule has 1 amide bonds. The molecule has 0 aliphatic rings. The molecule has 2 aromatic rings. The Hall–Kier alpha value is -1.42. The zero-order chi connectivity index (χ0) is 18.8. The summed E-state index contributed by atoms with van der Waals surface area (Å²) in [6, 6.07) is 6.90. The summed E-state index contributed by atoms with van der Waals surface area (Å²) in [6.45, 7) is 3.89. The van der Waals surface area contributed by atoms with E-state index in [0.717, 1.165) is 38.7 Å². The van der Waals surface area contributed by atoms with E-state index >= 15 is 0 Å². The summed E-state index contributed by atoms with van der Waals surface area (Å²) in [5.74, 6) is -1.08. The third kappa shape index (κ3) is 5.53. The first-order valence-corrected chi connectivity index (χ1v) is 10.4. The Morgan fingerprint density at radius 1 is 1.20 bits per heavy atom. The van der Waals surface area contributed by atoms with E-state index in [1.807, 2.05) is 26.0 Å². The van der Waals surface area contributed by atoms with Gasteiger partial charge in [0.1, 0.15) is 5.82 Å². The summed E-state index contributed by atoms with van der Waals surface area (Å²) in [6.07, 6.45) is 0. The minimum atomic E-state index is -4.05. The van der Waals surface area contributed by atoms with Crippen LogP contribution in [0.2, 0.25) is 0 Å². The van der Waals surface area contributed by atoms with Gasteiger partial charge in [0.05, 0.1) is 10.6 Å². The molecule has 0 heterocycles. The molecule has 0 unspecified atom stereocenters. The highest BCUT2D eigenvalue weighted by atomic mass is 79.9. The number of aryl methyl sites for hydroxylation is 2. The van der Waals surface area contributed by atoms with Gasteiger partial charge in [0, 0.05) is 15.1 Å². The Balaban J connectivity index is 2.09. The lowest BCUT2D eigenvalue weighted by Crippen LogP contribution is -2.16. The summed E-state index contributed by atoms with van der Waals surface area (Å²) in [5.41, 5.74) is 2.12. The number of benzene rings is 2. The van der Waals surface area contributed by atoms with Crippen LogP contribution >= 0.6 is 27.7 Å². The van der Waals surface area contributed by atoms with Crippen LogP contribution in [0.1, 0.15) is 11.1 Å². The zero-order valence-corrected chi connectivity index (χ0v) is 16.7. The Morgan fingerprint density at radius 2 is 1.88 bits per heavy atom. The van der Waals surface area contributed by atoms with Gasteiger partial charge in [-0.2, -0.15) is 0 Å². The lowest BCUT2D eigenvalue weighted by atomic mass is 10.2. The van der Waals surface area contributed by atoms with Gasteiger partial charge in [0.15, 0.2) is 0 Å². The molecular formula is C16H16BrFN2O3S2. The fourth-order valence-corrected chi connectivity index (χ4v) is 3.98. The molecule has 0 saturated carbocycles. The molecule has 0 radical (unpaired) electrons. The Labute approximate surface area is 158 Å². The van der Waals surface area contributed by atoms with E-state index in [1.54, 1.807) is 0 Å². The average Bonchev–Trinajstić information content (AvgIpc) is 2.48. The number of amides is 1. The number of carbonyl (C=O) groups is 1. The largest absolute Gasteiger partial charge is 0.325 e. The first-order chi connectivity index (χ1) is 11.6. The lowest BCUT2D eigenvalue weighted by Gasteiger charge is -2.10. The number of nitrogens with two attached hydrogens (primary N) is 1. The Kier molecular flexibility index (Phi) is 6.26. The van der Waals surface area contributed by atoms with Crippen LogP contribution in [0.4, 0.5) is 10.1 Å². The molecular weight excluding hydrogens is 431 g/mol. The number of thioether (sulfide) groups is 1. The highest BCUT2D eigenvalue weighted by Gasteiger charge is 2.13. The van der Waals surface area contributed by atoms with Crippen LogP contribution in [0.3, 0.4) is 0 Å². The fourth-order valence-electron chi connectivity index (χ4n) is 2.05. The molecule has 3 N–H and O–H groups in total. The molecule has 2 rings (SSSR count). The first kappa shape index (κ1) is 19.9. The predicted octanol–water partition coefficient (Wildman–Crippen LogP) is 3.58. The topological polar surface area (TPSA) is 89.3 Å². The number of primary sulfonamides is 1. The molecule has 5 nitrogen and oxygen atoms in total. The number of hydrogen-bond donors (Lipinski definition) is 2. The molecule has 0 saturated heterocycles. The van der Waals surface area contributed by atoms with Crippen LogP contribution in [0.5, 0.6) is 0 Å². The quantitative estimate of drug-likeness (QED) is 0.686. The Morgan fingerprint density at radius 3 is 2.52 bits per heavy atom. The van der Waals surface area contributed by atoms with Crippen LogP contribution < -0.4 is 10.5 Å². The normalized spacial score (nSPS) is 11.4. The number of halogens is 2. The lowest BCUT2D eigenvalue weighted by molar-refractivity contribution is -0.113. The predicted molar refractivity (Wildman–Crippen MR) is 101 cm³/mol. The first-order valence-electron chi connectivity index (χ1n) is 7.09. The molecule has 0 bridgehead atoms. The van der Waals surface area contributed by atoms with Crippen molar-refractivity contribution in [2.24, 2.45) is 5.14 Å². The monoisotopic (exact) mass is 446 g/mol. The van der Waals surface area contributed by atoms with E-state index in [9.17, 15) is 17.6 Å². The van der Waals surface area contributed by atoms with Gasteiger partial charge in [0.25, 0.3) is 0 Å². The van der Waals surface area contributed by atoms with E-state index in [0.29, 0.717) is 0 Å². The van der Waals surface area contributed by atoms with Crippen molar-refractivity contribution >= 4 is 49.3 Å². The number of anilines is 1. The van der Waals surface area contributed by atoms with Crippen molar-refractivity contribution in [2.45, 2.75) is 23.6 Å². The van der Waals surface area contributed by atoms with E-state index in [1.165, 1.54) is 11.8 Å². The smallest absolute Gasteiger partial charge is 0.238 e. The van der Waals surface area contributed by atoms with E-state index in [-0.39, 0.29) is 17.3 Å². The third-order valence-electron chi connectivity index (χ3n) is 3.30. The van der Waals surface area contributed by atoms with E-state index in [2.05, 4.69) is 21.2 Å². The number of sulfonamides is 1. The summed E-state index contributed by atoms with van der Waals surface area (Å²) in [5, 5.41) is 7.47. The van der Waals surface area contributed by atoms with Gasteiger partial charge in [-0.15, -0.1) is 11.8 Å². The van der Waals surface area contributed by atoms with Gasteiger partial charge < -0.3 is 5.32 Å². The van der Waals surface area contributed by atoms with Gasteiger partial charge >= 0.3 is 0 Å². The maximum atomic E-state index is 13.5. The van der Waals surface area contributed by atoms with Crippen molar-refractivity contribution < 1.29 is 17.6 Å². The second-order valence-corrected chi connectivity index (χ2v) is 8.86. The number of nitrogens with one attached hydrogen (secondary N) is 1. The van der Waals surface area contributed by atoms with Crippen molar-refractivity contribution in [3.05, 3.63) is 51.7 Å². The van der Waals surface area contributed by atoms with Gasteiger partial charge in [-0.25, -0.2) is 17.9 Å². The number of rotatable bonds is 5. The van der Waals surface area contributed by atoms with Crippen molar-refractivity contribution in [2.75, 3.05) is 11.1 Å². The second-order valence-electron chi connectivity index (χ2n) is 5.42. The average molecular weight is 447 g/mol. The standard InChI is InChI=1S/C16H16BrFN2O3S2/c1-9-4-15(10(2)3-14(9)17)24-8-16(21)20-12-5-11(18)6-13(7-12)25(19,22)23/h3-7H,8H2,1-2H3,(H,20,21)(H2,19,22,23). The van der Waals surface area contributed by atoms with Crippen molar-refractivity contribution in [1.82, 2.24) is 0 Å². The van der Waals surface area contributed by atoms with E-state index in [4.69, 9.17) is 5.14 Å². The second kappa shape index (κ2) is 7.86. The molecule has 0 fully saturated rings. The highest BCUT2D eigenvalue weighted by molar-refractivity contribution is 9.10. The maximum absolute atomic E-state index is 13.5. The van der Waals surface area contributed by atoms with Crippen molar-refractivity contribution in [3.63, 3.8) is 0 Å². The maximum Gasteiger partial charge on any atom is 0.238 e. The summed E-state index contributed by atoms with van der Waals surface area (Å²) < 4.78 is 37.2. The van der Waals surface area contributed by atoms with Gasteiger partial charge in [0.2, 0.25) is 15.9 Å². The molecule has 0 aliphatic heterocycles. The molecule has 2 aromatic carbocycles. The van der Waals surface area contributed by atoms with Gasteiger partial charge in [-0.3, -0.25) is 4.79 Å². The summed E-state index contributed by atoms with van der Waals surface area (Å²) in [4.78, 5) is 12.6. The molecule has 0 aromatic heterocycles. The molecule has 0 spiro atoms. The Bertz CT molecular complexity index is 933. The summed E-state index contributed by atoms with van der Waals surface area (Å²) >= 11 is 4.79. The molecule has 134 valence electrons.